The summed E-state index contributed by atoms with van der Waals surface area (Å²) in [7, 11) is 0. The lowest BCUT2D eigenvalue weighted by atomic mass is 10.0. The quantitative estimate of drug-likeness (QED) is 0.109. The van der Waals surface area contributed by atoms with Crippen molar-refractivity contribution in [1.29, 1.82) is 0 Å². The van der Waals surface area contributed by atoms with Crippen molar-refractivity contribution in [2.45, 2.75) is 135 Å². The van der Waals surface area contributed by atoms with Crippen LogP contribution in [0.25, 0.3) is 0 Å². The third-order valence-corrected chi connectivity index (χ3v) is 5.32. The molecule has 0 saturated heterocycles. The van der Waals surface area contributed by atoms with Crippen LogP contribution in [0.15, 0.2) is 12.2 Å². The number of carbonyl (C=O) groups excluding carboxylic acids is 1. The zero-order valence-electron chi connectivity index (χ0n) is 17.6. The van der Waals surface area contributed by atoms with Crippen LogP contribution in [-0.2, 0) is 4.79 Å². The van der Waals surface area contributed by atoms with Crippen molar-refractivity contribution in [3.8, 4) is 0 Å². The maximum atomic E-state index is 10.6. The van der Waals surface area contributed by atoms with Crippen LogP contribution in [0, 0.1) is 0 Å². The summed E-state index contributed by atoms with van der Waals surface area (Å²) in [6.07, 6.45) is 30.8. The first-order chi connectivity index (χ1) is 12.8. The molecule has 26 heavy (non-hydrogen) atoms. The summed E-state index contributed by atoms with van der Waals surface area (Å²) in [5.74, 6) is 0. The fraction of sp³-hybridized carbons (Fsp3) is 0.875. The molecular formula is C24H45ClO. The molecule has 1 nitrogen and oxygen atoms in total. The Balaban J connectivity index is 3.05. The second kappa shape index (κ2) is 22.7. The van der Waals surface area contributed by atoms with Crippen LogP contribution in [0.5, 0.6) is 0 Å². The summed E-state index contributed by atoms with van der Waals surface area (Å²) in [6.45, 7) is 2.29. The van der Waals surface area contributed by atoms with E-state index in [2.05, 4.69) is 19.1 Å². The van der Waals surface area contributed by atoms with Gasteiger partial charge in [-0.2, -0.15) is 0 Å². The molecule has 0 radical (unpaired) electrons. The van der Waals surface area contributed by atoms with Gasteiger partial charge >= 0.3 is 0 Å². The summed E-state index contributed by atoms with van der Waals surface area (Å²) < 4.78 is 0. The second-order valence-corrected chi connectivity index (χ2v) is 8.23. The molecule has 0 aromatic rings. The lowest BCUT2D eigenvalue weighted by Gasteiger charge is -2.03. The van der Waals surface area contributed by atoms with E-state index in [0.29, 0.717) is 6.42 Å². The molecule has 2 heteroatoms. The molecular weight excluding hydrogens is 340 g/mol. The van der Waals surface area contributed by atoms with Gasteiger partial charge in [-0.3, -0.25) is 4.79 Å². The smallest absolute Gasteiger partial charge is 0.221 e. The topological polar surface area (TPSA) is 17.1 Å². The summed E-state index contributed by atoms with van der Waals surface area (Å²) in [4.78, 5) is 10.6. The Morgan fingerprint density at radius 1 is 0.577 bits per heavy atom. The minimum absolute atomic E-state index is 0.202. The first-order valence-electron chi connectivity index (χ1n) is 11.6. The highest BCUT2D eigenvalue weighted by Gasteiger charge is 1.95. The van der Waals surface area contributed by atoms with E-state index in [1.54, 1.807) is 0 Å². The number of allylic oxidation sites excluding steroid dienone is 2. The van der Waals surface area contributed by atoms with E-state index >= 15 is 0 Å². The average molecular weight is 385 g/mol. The molecule has 0 aliphatic rings. The zero-order chi connectivity index (χ0) is 19.1. The monoisotopic (exact) mass is 384 g/mol. The molecule has 0 aliphatic carbocycles. The fourth-order valence-electron chi connectivity index (χ4n) is 3.40. The van der Waals surface area contributed by atoms with Gasteiger partial charge in [0.25, 0.3) is 0 Å². The maximum absolute atomic E-state index is 10.6. The van der Waals surface area contributed by atoms with E-state index < -0.39 is 0 Å². The van der Waals surface area contributed by atoms with Gasteiger partial charge in [0.15, 0.2) is 0 Å². The largest absolute Gasteiger partial charge is 0.281 e. The highest BCUT2D eigenvalue weighted by Crippen LogP contribution is 2.14. The Bertz CT molecular complexity index is 311. The lowest BCUT2D eigenvalue weighted by Crippen LogP contribution is -1.84. The predicted octanol–water partition coefficient (Wildman–Crippen LogP) is 9.13. The van der Waals surface area contributed by atoms with E-state index in [1.165, 1.54) is 103 Å². The summed E-state index contributed by atoms with van der Waals surface area (Å²) >= 11 is 5.31. The molecule has 0 amide bonds. The Kier molecular flexibility index (Phi) is 22.5. The molecule has 0 aromatic carbocycles. The molecule has 0 fully saturated rings. The van der Waals surface area contributed by atoms with Crippen molar-refractivity contribution in [1.82, 2.24) is 0 Å². The van der Waals surface area contributed by atoms with Crippen molar-refractivity contribution in [2.24, 2.45) is 0 Å². The number of carbonyl (C=O) groups is 1. The van der Waals surface area contributed by atoms with Crippen LogP contribution in [-0.4, -0.2) is 5.24 Å². The lowest BCUT2D eigenvalue weighted by molar-refractivity contribution is -0.111. The zero-order valence-corrected chi connectivity index (χ0v) is 18.3. The van der Waals surface area contributed by atoms with Gasteiger partial charge in [0.2, 0.25) is 5.24 Å². The number of halogens is 1. The van der Waals surface area contributed by atoms with Gasteiger partial charge in [0, 0.05) is 6.42 Å². The minimum atomic E-state index is -0.202. The van der Waals surface area contributed by atoms with Gasteiger partial charge in [-0.1, -0.05) is 109 Å². The Morgan fingerprint density at radius 2 is 0.923 bits per heavy atom. The van der Waals surface area contributed by atoms with Gasteiger partial charge in [-0.25, -0.2) is 0 Å². The van der Waals surface area contributed by atoms with Crippen molar-refractivity contribution in [3.05, 3.63) is 12.2 Å². The van der Waals surface area contributed by atoms with E-state index in [0.717, 1.165) is 19.3 Å². The number of hydrogen-bond donors (Lipinski definition) is 0. The third-order valence-electron chi connectivity index (χ3n) is 5.14. The Hall–Kier alpha value is -0.300. The van der Waals surface area contributed by atoms with Gasteiger partial charge in [-0.05, 0) is 43.7 Å². The molecule has 0 aliphatic heterocycles. The van der Waals surface area contributed by atoms with E-state index in [9.17, 15) is 4.79 Å². The molecule has 0 bridgehead atoms. The van der Waals surface area contributed by atoms with Crippen LogP contribution in [0.3, 0.4) is 0 Å². The summed E-state index contributed by atoms with van der Waals surface area (Å²) in [5.41, 5.74) is 0. The van der Waals surface area contributed by atoms with Crippen molar-refractivity contribution < 1.29 is 4.79 Å². The molecule has 0 rings (SSSR count). The number of rotatable bonds is 21. The summed E-state index contributed by atoms with van der Waals surface area (Å²) in [6, 6.07) is 0. The molecule has 0 N–H and O–H groups in total. The third kappa shape index (κ3) is 23.7. The molecule has 0 heterocycles. The van der Waals surface area contributed by atoms with Gasteiger partial charge in [0.1, 0.15) is 0 Å². The van der Waals surface area contributed by atoms with Crippen LogP contribution in [0.1, 0.15) is 135 Å². The average Bonchev–Trinajstić information content (AvgIpc) is 2.62. The maximum Gasteiger partial charge on any atom is 0.221 e. The van der Waals surface area contributed by atoms with E-state index in [4.69, 9.17) is 11.6 Å². The molecule has 0 atom stereocenters. The Labute approximate surface area is 169 Å². The molecule has 0 spiro atoms. The van der Waals surface area contributed by atoms with E-state index in [-0.39, 0.29) is 5.24 Å². The molecule has 0 aromatic heterocycles. The van der Waals surface area contributed by atoms with Crippen molar-refractivity contribution in [3.63, 3.8) is 0 Å². The first-order valence-corrected chi connectivity index (χ1v) is 12.0. The Morgan fingerprint density at radius 3 is 1.31 bits per heavy atom. The minimum Gasteiger partial charge on any atom is -0.281 e. The van der Waals surface area contributed by atoms with Gasteiger partial charge in [-0.15, -0.1) is 0 Å². The van der Waals surface area contributed by atoms with Crippen molar-refractivity contribution in [2.75, 3.05) is 0 Å². The van der Waals surface area contributed by atoms with Crippen LogP contribution >= 0.6 is 11.6 Å². The molecule has 154 valence electrons. The SMILES string of the molecule is CCCCCCCCCCCCCCCCC/C=C/CCCCC(=O)Cl. The van der Waals surface area contributed by atoms with Crippen LogP contribution in [0.4, 0.5) is 0 Å². The number of hydrogen-bond acceptors (Lipinski definition) is 1. The highest BCUT2D eigenvalue weighted by molar-refractivity contribution is 6.63. The van der Waals surface area contributed by atoms with Gasteiger partial charge in [0.05, 0.1) is 0 Å². The summed E-state index contributed by atoms with van der Waals surface area (Å²) in [5, 5.41) is -0.202. The normalized spacial score (nSPS) is 11.5. The molecule has 0 unspecified atom stereocenters. The van der Waals surface area contributed by atoms with Crippen molar-refractivity contribution >= 4 is 16.8 Å². The van der Waals surface area contributed by atoms with Gasteiger partial charge < -0.3 is 0 Å². The van der Waals surface area contributed by atoms with Crippen LogP contribution < -0.4 is 0 Å². The van der Waals surface area contributed by atoms with Crippen LogP contribution in [0.2, 0.25) is 0 Å². The fourth-order valence-corrected chi connectivity index (χ4v) is 3.53. The van der Waals surface area contributed by atoms with E-state index in [1.807, 2.05) is 0 Å². The number of unbranched alkanes of at least 4 members (excludes halogenated alkanes) is 17. The molecule has 0 saturated carbocycles. The second-order valence-electron chi connectivity index (χ2n) is 7.81. The highest BCUT2D eigenvalue weighted by atomic mass is 35.5. The first kappa shape index (κ1) is 25.7. The predicted molar refractivity (Wildman–Crippen MR) is 118 cm³/mol. The standard InChI is InChI=1S/C24H45ClO/c1-2-3-4-5-6-7-8-9-10-11-12-13-14-15-16-17-18-19-20-21-22-23-24(25)26/h18-19H,2-17,20-23H2,1H3/b19-18+.